The van der Waals surface area contributed by atoms with Crippen LogP contribution in [0.25, 0.3) is 11.0 Å². The van der Waals surface area contributed by atoms with Gasteiger partial charge in [-0.25, -0.2) is 4.39 Å². The van der Waals surface area contributed by atoms with Crippen LogP contribution in [0.3, 0.4) is 0 Å². The summed E-state index contributed by atoms with van der Waals surface area (Å²) in [4.78, 5) is 23.9. The molecule has 0 saturated carbocycles. The number of benzene rings is 1. The summed E-state index contributed by atoms with van der Waals surface area (Å²) in [5, 5.41) is 3.48. The fourth-order valence-corrected chi connectivity index (χ4v) is 2.66. The maximum Gasteiger partial charge on any atom is 0.252 e. The zero-order valence-electron chi connectivity index (χ0n) is 13.6. The van der Waals surface area contributed by atoms with Crippen molar-refractivity contribution >= 4 is 16.9 Å². The smallest absolute Gasteiger partial charge is 0.252 e. The minimum atomic E-state index is -0.419. The first-order valence-electron chi connectivity index (χ1n) is 7.53. The molecule has 5 nitrogen and oxygen atoms in total. The highest BCUT2D eigenvalue weighted by molar-refractivity contribution is 5.94. The molecule has 0 aliphatic rings. The van der Waals surface area contributed by atoms with Crippen LogP contribution in [0.4, 0.5) is 4.39 Å². The van der Waals surface area contributed by atoms with Crippen LogP contribution in [-0.4, -0.2) is 10.5 Å². The Bertz CT molecular complexity index is 988. The molecule has 6 heteroatoms. The number of aryl methyl sites for hydroxylation is 2. The number of halogens is 1. The molecule has 24 heavy (non-hydrogen) atoms. The van der Waals surface area contributed by atoms with Gasteiger partial charge in [0.2, 0.25) is 0 Å². The van der Waals surface area contributed by atoms with E-state index in [9.17, 15) is 14.0 Å². The zero-order chi connectivity index (χ0) is 17.4. The number of amides is 1. The molecule has 0 radical (unpaired) electrons. The lowest BCUT2D eigenvalue weighted by Gasteiger charge is -2.12. The van der Waals surface area contributed by atoms with Crippen LogP contribution in [-0.2, 0) is 7.05 Å². The molecule has 124 valence electrons. The van der Waals surface area contributed by atoms with Crippen molar-refractivity contribution in [2.24, 2.45) is 7.05 Å². The third-order valence-electron chi connectivity index (χ3n) is 4.04. The predicted octanol–water partition coefficient (Wildman–Crippen LogP) is 3.07. The van der Waals surface area contributed by atoms with Gasteiger partial charge in [0, 0.05) is 35.8 Å². The van der Waals surface area contributed by atoms with E-state index in [0.717, 1.165) is 5.56 Å². The molecular weight excluding hydrogens is 311 g/mol. The average molecular weight is 328 g/mol. The number of nitrogens with zero attached hydrogens (tertiary/aromatic N) is 1. The SMILES string of the molecule is Cc1c([C@H](C)NC(=O)c2ccn(C)c(=O)c2)oc2ccc(F)cc12. The molecular formula is C18H17FN2O3. The summed E-state index contributed by atoms with van der Waals surface area (Å²) in [5.41, 5.74) is 1.37. The molecule has 0 fully saturated rings. The van der Waals surface area contributed by atoms with E-state index >= 15 is 0 Å². The highest BCUT2D eigenvalue weighted by Crippen LogP contribution is 2.30. The Kier molecular flexibility index (Phi) is 3.97. The molecule has 1 aromatic carbocycles. The number of nitrogens with one attached hydrogen (secondary N) is 1. The highest BCUT2D eigenvalue weighted by Gasteiger charge is 2.19. The van der Waals surface area contributed by atoms with Crippen LogP contribution in [0.15, 0.2) is 45.7 Å². The van der Waals surface area contributed by atoms with Crippen LogP contribution >= 0.6 is 0 Å². The number of pyridine rings is 1. The third kappa shape index (κ3) is 2.82. The van der Waals surface area contributed by atoms with Crippen molar-refractivity contribution < 1.29 is 13.6 Å². The summed E-state index contributed by atoms with van der Waals surface area (Å²) in [5.74, 6) is -0.145. The second kappa shape index (κ2) is 5.96. The molecule has 2 heterocycles. The van der Waals surface area contributed by atoms with E-state index < -0.39 is 6.04 Å². The maximum absolute atomic E-state index is 13.4. The van der Waals surface area contributed by atoms with E-state index in [2.05, 4.69) is 5.32 Å². The van der Waals surface area contributed by atoms with Crippen LogP contribution in [0.2, 0.25) is 0 Å². The Balaban J connectivity index is 1.88. The Labute approximate surface area is 137 Å². The van der Waals surface area contributed by atoms with Gasteiger partial charge in [-0.1, -0.05) is 0 Å². The van der Waals surface area contributed by atoms with E-state index in [-0.39, 0.29) is 22.8 Å². The summed E-state index contributed by atoms with van der Waals surface area (Å²) in [6.07, 6.45) is 1.54. The van der Waals surface area contributed by atoms with E-state index in [1.807, 2.05) is 6.92 Å². The number of hydrogen-bond donors (Lipinski definition) is 1. The largest absolute Gasteiger partial charge is 0.459 e. The van der Waals surface area contributed by atoms with Crippen molar-refractivity contribution in [1.29, 1.82) is 0 Å². The zero-order valence-corrected chi connectivity index (χ0v) is 13.6. The highest BCUT2D eigenvalue weighted by atomic mass is 19.1. The molecule has 2 aromatic heterocycles. The van der Waals surface area contributed by atoms with Gasteiger partial charge in [-0.05, 0) is 38.1 Å². The topological polar surface area (TPSA) is 64.2 Å². The standard InChI is InChI=1S/C18H17FN2O3/c1-10-14-9-13(19)4-5-15(14)24-17(10)11(2)20-18(23)12-6-7-21(3)16(22)8-12/h4-9,11H,1-3H3,(H,20,23)/t11-/m0/s1. The van der Waals surface area contributed by atoms with Crippen LogP contribution in [0.5, 0.6) is 0 Å². The molecule has 1 amide bonds. The maximum atomic E-state index is 13.4. The lowest BCUT2D eigenvalue weighted by atomic mass is 10.1. The van der Waals surface area contributed by atoms with E-state index in [0.29, 0.717) is 16.7 Å². The Morgan fingerprint density at radius 3 is 2.75 bits per heavy atom. The van der Waals surface area contributed by atoms with Gasteiger partial charge in [0.25, 0.3) is 11.5 Å². The van der Waals surface area contributed by atoms with Crippen LogP contribution in [0.1, 0.15) is 34.6 Å². The fraction of sp³-hybridized carbons (Fsp3) is 0.222. The molecule has 0 unspecified atom stereocenters. The minimum Gasteiger partial charge on any atom is -0.459 e. The molecule has 0 aliphatic heterocycles. The first kappa shape index (κ1) is 16.0. The number of rotatable bonds is 3. The van der Waals surface area contributed by atoms with Crippen molar-refractivity contribution in [2.45, 2.75) is 19.9 Å². The lowest BCUT2D eigenvalue weighted by molar-refractivity contribution is 0.0935. The fourth-order valence-electron chi connectivity index (χ4n) is 2.66. The van der Waals surface area contributed by atoms with Crippen molar-refractivity contribution in [3.8, 4) is 0 Å². The quantitative estimate of drug-likeness (QED) is 0.803. The molecule has 0 spiro atoms. The molecule has 0 aliphatic carbocycles. The first-order chi connectivity index (χ1) is 11.4. The van der Waals surface area contributed by atoms with Gasteiger partial charge in [-0.2, -0.15) is 0 Å². The van der Waals surface area contributed by atoms with Crippen molar-refractivity contribution in [1.82, 2.24) is 9.88 Å². The molecule has 1 atom stereocenters. The second-order valence-electron chi connectivity index (χ2n) is 5.79. The predicted molar refractivity (Wildman–Crippen MR) is 88.5 cm³/mol. The van der Waals surface area contributed by atoms with E-state index in [4.69, 9.17) is 4.42 Å². The van der Waals surface area contributed by atoms with Crippen LogP contribution in [0, 0.1) is 12.7 Å². The van der Waals surface area contributed by atoms with Crippen molar-refractivity contribution in [3.63, 3.8) is 0 Å². The summed E-state index contributed by atoms with van der Waals surface area (Å²) in [6.45, 7) is 3.60. The van der Waals surface area contributed by atoms with Gasteiger partial charge >= 0.3 is 0 Å². The van der Waals surface area contributed by atoms with Gasteiger partial charge in [0.1, 0.15) is 17.2 Å². The Morgan fingerprint density at radius 2 is 2.04 bits per heavy atom. The normalized spacial score (nSPS) is 12.3. The molecule has 3 aromatic rings. The Hall–Kier alpha value is -2.89. The van der Waals surface area contributed by atoms with Gasteiger partial charge in [0.15, 0.2) is 0 Å². The number of aromatic nitrogens is 1. The summed E-state index contributed by atoms with van der Waals surface area (Å²) in [7, 11) is 1.61. The second-order valence-corrected chi connectivity index (χ2v) is 5.79. The number of fused-ring (bicyclic) bond motifs is 1. The van der Waals surface area contributed by atoms with Crippen molar-refractivity contribution in [2.75, 3.05) is 0 Å². The molecule has 0 bridgehead atoms. The van der Waals surface area contributed by atoms with Gasteiger partial charge in [-0.3, -0.25) is 9.59 Å². The number of carbonyl (C=O) groups excluding carboxylic acids is 1. The van der Waals surface area contributed by atoms with Gasteiger partial charge < -0.3 is 14.3 Å². The molecule has 3 rings (SSSR count). The first-order valence-corrected chi connectivity index (χ1v) is 7.53. The number of furan rings is 1. The molecule has 0 saturated heterocycles. The number of hydrogen-bond acceptors (Lipinski definition) is 3. The monoisotopic (exact) mass is 328 g/mol. The summed E-state index contributed by atoms with van der Waals surface area (Å²) >= 11 is 0. The summed E-state index contributed by atoms with van der Waals surface area (Å²) in [6, 6.07) is 6.74. The van der Waals surface area contributed by atoms with E-state index in [1.165, 1.54) is 29.0 Å². The lowest BCUT2D eigenvalue weighted by Crippen LogP contribution is -2.28. The Morgan fingerprint density at radius 1 is 1.29 bits per heavy atom. The number of carbonyl (C=O) groups is 1. The van der Waals surface area contributed by atoms with E-state index in [1.54, 1.807) is 26.1 Å². The average Bonchev–Trinajstić information content (AvgIpc) is 2.86. The van der Waals surface area contributed by atoms with Crippen LogP contribution < -0.4 is 10.9 Å². The van der Waals surface area contributed by atoms with Gasteiger partial charge in [-0.15, -0.1) is 0 Å². The molecule has 1 N–H and O–H groups in total. The minimum absolute atomic E-state index is 0.259. The summed E-state index contributed by atoms with van der Waals surface area (Å²) < 4.78 is 20.5. The third-order valence-corrected chi connectivity index (χ3v) is 4.04. The van der Waals surface area contributed by atoms with Gasteiger partial charge in [0.05, 0.1) is 6.04 Å². The van der Waals surface area contributed by atoms with Crippen molar-refractivity contribution in [3.05, 3.63) is 69.6 Å².